The van der Waals surface area contributed by atoms with Crippen molar-refractivity contribution < 1.29 is 13.8 Å². The predicted octanol–water partition coefficient (Wildman–Crippen LogP) is 2.82. The number of aromatic nitrogens is 3. The second kappa shape index (κ2) is 6.14. The molecule has 3 rings (SSSR count). The van der Waals surface area contributed by atoms with Crippen LogP contribution in [0.15, 0.2) is 9.05 Å². The molecule has 0 atom stereocenters. The SMILES string of the molecule is Cc1noc(C)c1C(=O)N1CCC(c2nc(C(C)C)no2)CC1. The smallest absolute Gasteiger partial charge is 0.259 e. The Labute approximate surface area is 135 Å². The van der Waals surface area contributed by atoms with E-state index in [0.717, 1.165) is 18.7 Å². The highest BCUT2D eigenvalue weighted by Crippen LogP contribution is 2.29. The van der Waals surface area contributed by atoms with Gasteiger partial charge in [0, 0.05) is 24.9 Å². The monoisotopic (exact) mass is 318 g/mol. The van der Waals surface area contributed by atoms with Crippen molar-refractivity contribution in [2.75, 3.05) is 13.1 Å². The number of hydrogen-bond acceptors (Lipinski definition) is 6. The van der Waals surface area contributed by atoms with E-state index in [1.165, 1.54) is 0 Å². The highest BCUT2D eigenvalue weighted by Gasteiger charge is 2.30. The van der Waals surface area contributed by atoms with Crippen LogP contribution >= 0.6 is 0 Å². The molecular formula is C16H22N4O3. The summed E-state index contributed by atoms with van der Waals surface area (Å²) < 4.78 is 10.5. The topological polar surface area (TPSA) is 85.3 Å². The Hall–Kier alpha value is -2.18. The predicted molar refractivity (Wildman–Crippen MR) is 82.2 cm³/mol. The molecule has 1 saturated heterocycles. The number of likely N-dealkylation sites (tertiary alicyclic amines) is 1. The summed E-state index contributed by atoms with van der Waals surface area (Å²) in [5, 5.41) is 7.88. The van der Waals surface area contributed by atoms with Crippen LogP contribution in [0.5, 0.6) is 0 Å². The lowest BCUT2D eigenvalue weighted by molar-refractivity contribution is 0.0702. The zero-order valence-electron chi connectivity index (χ0n) is 14.0. The van der Waals surface area contributed by atoms with Gasteiger partial charge in [-0.3, -0.25) is 4.79 Å². The van der Waals surface area contributed by atoms with Crippen LogP contribution in [0, 0.1) is 13.8 Å². The Morgan fingerprint density at radius 1 is 1.17 bits per heavy atom. The summed E-state index contributed by atoms with van der Waals surface area (Å²) >= 11 is 0. The van der Waals surface area contributed by atoms with Crippen LogP contribution in [0.1, 0.15) is 72.1 Å². The molecule has 2 aromatic rings. The molecule has 7 nitrogen and oxygen atoms in total. The van der Waals surface area contributed by atoms with Gasteiger partial charge in [0.2, 0.25) is 5.89 Å². The lowest BCUT2D eigenvalue weighted by atomic mass is 9.96. The van der Waals surface area contributed by atoms with Gasteiger partial charge >= 0.3 is 0 Å². The molecule has 0 spiro atoms. The minimum absolute atomic E-state index is 0.00639. The summed E-state index contributed by atoms with van der Waals surface area (Å²) in [7, 11) is 0. The number of hydrogen-bond donors (Lipinski definition) is 0. The molecule has 0 saturated carbocycles. The summed E-state index contributed by atoms with van der Waals surface area (Å²) in [5.41, 5.74) is 1.23. The Bertz CT molecular complexity index is 676. The molecule has 0 radical (unpaired) electrons. The summed E-state index contributed by atoms with van der Waals surface area (Å²) in [6, 6.07) is 0. The number of amides is 1. The van der Waals surface area contributed by atoms with Crippen LogP contribution < -0.4 is 0 Å². The van der Waals surface area contributed by atoms with Crippen LogP contribution in [0.3, 0.4) is 0 Å². The van der Waals surface area contributed by atoms with Crippen LogP contribution in [0.4, 0.5) is 0 Å². The fraction of sp³-hybridized carbons (Fsp3) is 0.625. The molecule has 23 heavy (non-hydrogen) atoms. The molecule has 3 heterocycles. The van der Waals surface area contributed by atoms with Gasteiger partial charge in [-0.1, -0.05) is 24.2 Å². The van der Waals surface area contributed by atoms with E-state index in [2.05, 4.69) is 15.3 Å². The van der Waals surface area contributed by atoms with Crippen LogP contribution in [0.2, 0.25) is 0 Å². The van der Waals surface area contributed by atoms with E-state index >= 15 is 0 Å². The van der Waals surface area contributed by atoms with E-state index in [4.69, 9.17) is 9.05 Å². The van der Waals surface area contributed by atoms with Gasteiger partial charge in [-0.25, -0.2) is 0 Å². The summed E-state index contributed by atoms with van der Waals surface area (Å²) in [6.07, 6.45) is 1.66. The van der Waals surface area contributed by atoms with Crippen molar-refractivity contribution in [3.63, 3.8) is 0 Å². The quantitative estimate of drug-likeness (QED) is 0.865. The molecule has 0 N–H and O–H groups in total. The van der Waals surface area contributed by atoms with Crippen molar-refractivity contribution in [2.45, 2.75) is 52.4 Å². The van der Waals surface area contributed by atoms with Crippen LogP contribution in [-0.4, -0.2) is 39.2 Å². The fourth-order valence-corrected chi connectivity index (χ4v) is 2.92. The maximum atomic E-state index is 12.6. The van der Waals surface area contributed by atoms with Crippen molar-refractivity contribution in [3.05, 3.63) is 28.7 Å². The van der Waals surface area contributed by atoms with Gasteiger partial charge in [0.25, 0.3) is 5.91 Å². The van der Waals surface area contributed by atoms with Gasteiger partial charge < -0.3 is 13.9 Å². The highest BCUT2D eigenvalue weighted by atomic mass is 16.5. The lowest BCUT2D eigenvalue weighted by Crippen LogP contribution is -2.38. The molecule has 1 amide bonds. The average Bonchev–Trinajstić information content (AvgIpc) is 3.14. The third-order valence-electron chi connectivity index (χ3n) is 4.35. The van der Waals surface area contributed by atoms with Gasteiger partial charge in [-0.05, 0) is 26.7 Å². The third kappa shape index (κ3) is 3.00. The number of piperidine rings is 1. The number of carbonyl (C=O) groups is 1. The molecule has 0 aliphatic carbocycles. The largest absolute Gasteiger partial charge is 0.361 e. The van der Waals surface area contributed by atoms with E-state index in [1.54, 1.807) is 13.8 Å². The van der Waals surface area contributed by atoms with Gasteiger partial charge in [0.05, 0.1) is 5.69 Å². The summed E-state index contributed by atoms with van der Waals surface area (Å²) in [5.74, 6) is 2.49. The standard InChI is InChI=1S/C16H22N4O3/c1-9(2)14-17-15(23-19-14)12-5-7-20(8-6-12)16(21)13-10(3)18-22-11(13)4/h9,12H,5-8H2,1-4H3. The number of nitrogens with zero attached hydrogens (tertiary/aromatic N) is 4. The highest BCUT2D eigenvalue weighted by molar-refractivity contribution is 5.96. The van der Waals surface area contributed by atoms with Crippen molar-refractivity contribution >= 4 is 5.91 Å². The summed E-state index contributed by atoms with van der Waals surface area (Å²) in [6.45, 7) is 8.99. The number of aryl methyl sites for hydroxylation is 2. The molecule has 124 valence electrons. The van der Waals surface area contributed by atoms with Gasteiger partial charge in [-0.2, -0.15) is 4.98 Å². The summed E-state index contributed by atoms with van der Waals surface area (Å²) in [4.78, 5) is 18.9. The Morgan fingerprint density at radius 3 is 2.39 bits per heavy atom. The maximum absolute atomic E-state index is 12.6. The molecule has 7 heteroatoms. The second-order valence-electron chi connectivity index (χ2n) is 6.41. The van der Waals surface area contributed by atoms with E-state index in [9.17, 15) is 4.79 Å². The first-order valence-electron chi connectivity index (χ1n) is 8.03. The zero-order chi connectivity index (χ0) is 16.6. The molecule has 1 aliphatic heterocycles. The first kappa shape index (κ1) is 15.7. The van der Waals surface area contributed by atoms with E-state index in [1.807, 2.05) is 18.7 Å². The van der Waals surface area contributed by atoms with E-state index in [-0.39, 0.29) is 17.7 Å². The fourth-order valence-electron chi connectivity index (χ4n) is 2.92. The number of rotatable bonds is 3. The Morgan fingerprint density at radius 2 is 1.87 bits per heavy atom. The van der Waals surface area contributed by atoms with Gasteiger partial charge in [0.15, 0.2) is 5.82 Å². The molecule has 0 bridgehead atoms. The first-order chi connectivity index (χ1) is 11.0. The van der Waals surface area contributed by atoms with Crippen LogP contribution in [0.25, 0.3) is 0 Å². The van der Waals surface area contributed by atoms with E-state index < -0.39 is 0 Å². The number of carbonyl (C=O) groups excluding carboxylic acids is 1. The van der Waals surface area contributed by atoms with Crippen molar-refractivity contribution in [2.24, 2.45) is 0 Å². The normalized spacial score (nSPS) is 16.3. The zero-order valence-corrected chi connectivity index (χ0v) is 14.0. The second-order valence-corrected chi connectivity index (χ2v) is 6.41. The van der Waals surface area contributed by atoms with Crippen LogP contribution in [-0.2, 0) is 0 Å². The average molecular weight is 318 g/mol. The minimum Gasteiger partial charge on any atom is -0.361 e. The molecule has 2 aromatic heterocycles. The maximum Gasteiger partial charge on any atom is 0.259 e. The molecule has 0 aromatic carbocycles. The van der Waals surface area contributed by atoms with Gasteiger partial charge in [0.1, 0.15) is 11.3 Å². The molecule has 0 unspecified atom stereocenters. The Balaban J connectivity index is 1.65. The van der Waals surface area contributed by atoms with Gasteiger partial charge in [-0.15, -0.1) is 0 Å². The Kier molecular flexibility index (Phi) is 4.19. The van der Waals surface area contributed by atoms with Crippen molar-refractivity contribution in [1.29, 1.82) is 0 Å². The first-order valence-corrected chi connectivity index (χ1v) is 8.03. The molecule has 1 fully saturated rings. The minimum atomic E-state index is -0.00639. The molecular weight excluding hydrogens is 296 g/mol. The third-order valence-corrected chi connectivity index (χ3v) is 4.35. The molecule has 1 aliphatic rings. The van der Waals surface area contributed by atoms with Crippen molar-refractivity contribution in [3.8, 4) is 0 Å². The van der Waals surface area contributed by atoms with E-state index in [0.29, 0.717) is 36.0 Å². The lowest BCUT2D eigenvalue weighted by Gasteiger charge is -2.30. The van der Waals surface area contributed by atoms with Crippen molar-refractivity contribution in [1.82, 2.24) is 20.2 Å².